The molecule has 0 N–H and O–H groups in total. The SMILES string of the molecule is COc1ccc2c(c1)N(C(=O)c1cccc([N+](=O)[O-])c1)C(C)(C)c1ssc(=S)c1-2. The van der Waals surface area contributed by atoms with Crippen LogP contribution >= 0.6 is 32.9 Å². The summed E-state index contributed by atoms with van der Waals surface area (Å²) in [6.45, 7) is 3.92. The van der Waals surface area contributed by atoms with Crippen LogP contribution in [0.15, 0.2) is 42.5 Å². The van der Waals surface area contributed by atoms with Gasteiger partial charge in [-0.3, -0.25) is 19.8 Å². The van der Waals surface area contributed by atoms with Crippen molar-refractivity contribution in [2.75, 3.05) is 12.0 Å². The summed E-state index contributed by atoms with van der Waals surface area (Å²) < 4.78 is 6.17. The Labute approximate surface area is 179 Å². The second-order valence-corrected chi connectivity index (χ2v) is 9.86. The summed E-state index contributed by atoms with van der Waals surface area (Å²) >= 11 is 5.58. The van der Waals surface area contributed by atoms with Crippen molar-refractivity contribution in [1.29, 1.82) is 0 Å². The molecule has 148 valence electrons. The molecule has 6 nitrogen and oxygen atoms in total. The van der Waals surface area contributed by atoms with Gasteiger partial charge >= 0.3 is 0 Å². The minimum absolute atomic E-state index is 0.122. The standard InChI is InChI=1S/C20H16N2O4S3/c1-20(2)17-16(19(27)29-28-17)14-8-7-13(26-3)10-15(14)21(20)18(23)11-5-4-6-12(9-11)22(24)25/h4-10H,1-3H3. The predicted molar refractivity (Wildman–Crippen MR) is 118 cm³/mol. The number of nitro benzene ring substituents is 1. The highest BCUT2D eigenvalue weighted by molar-refractivity contribution is 7.80. The highest BCUT2D eigenvalue weighted by atomic mass is 32.9. The fourth-order valence-corrected chi connectivity index (χ4v) is 6.86. The molecule has 0 fully saturated rings. The minimum Gasteiger partial charge on any atom is -0.497 e. The number of hydrogen-bond acceptors (Lipinski definition) is 7. The molecule has 29 heavy (non-hydrogen) atoms. The number of ether oxygens (including phenoxy) is 1. The Morgan fingerprint density at radius 1 is 1.21 bits per heavy atom. The average Bonchev–Trinajstić information content (AvgIpc) is 3.10. The monoisotopic (exact) mass is 444 g/mol. The third-order valence-corrected chi connectivity index (χ3v) is 8.30. The van der Waals surface area contributed by atoms with E-state index in [1.807, 2.05) is 32.0 Å². The molecule has 0 spiro atoms. The summed E-state index contributed by atoms with van der Waals surface area (Å²) in [5.74, 6) is 0.299. The Morgan fingerprint density at radius 3 is 2.66 bits per heavy atom. The molecule has 3 aromatic rings. The quantitative estimate of drug-likeness (QED) is 0.214. The first-order valence-electron chi connectivity index (χ1n) is 8.66. The molecular formula is C20H16N2O4S3. The van der Waals surface area contributed by atoms with Gasteiger partial charge in [0.2, 0.25) is 0 Å². The maximum absolute atomic E-state index is 13.6. The lowest BCUT2D eigenvalue weighted by atomic mass is 9.86. The number of nitrogens with zero attached hydrogens (tertiary/aromatic N) is 2. The number of rotatable bonds is 3. The zero-order valence-corrected chi connectivity index (χ0v) is 18.2. The van der Waals surface area contributed by atoms with Crippen LogP contribution < -0.4 is 9.64 Å². The number of carbonyl (C=O) groups is 1. The molecule has 0 saturated heterocycles. The average molecular weight is 445 g/mol. The lowest BCUT2D eigenvalue weighted by Gasteiger charge is -2.43. The van der Waals surface area contributed by atoms with Gasteiger partial charge in [0.15, 0.2) is 0 Å². The molecule has 1 aromatic heterocycles. The van der Waals surface area contributed by atoms with Crippen LogP contribution in [0.4, 0.5) is 11.4 Å². The van der Waals surface area contributed by atoms with E-state index in [0.29, 0.717) is 11.4 Å². The molecule has 0 bridgehead atoms. The van der Waals surface area contributed by atoms with E-state index in [1.165, 1.54) is 28.5 Å². The van der Waals surface area contributed by atoms with Gasteiger partial charge in [-0.15, -0.1) is 0 Å². The number of fused-ring (bicyclic) bond motifs is 3. The van der Waals surface area contributed by atoms with Crippen LogP contribution in [0.1, 0.15) is 29.1 Å². The van der Waals surface area contributed by atoms with E-state index in [1.54, 1.807) is 28.4 Å². The number of benzene rings is 2. The summed E-state index contributed by atoms with van der Waals surface area (Å²) in [7, 11) is 4.64. The van der Waals surface area contributed by atoms with Crippen molar-refractivity contribution < 1.29 is 14.5 Å². The smallest absolute Gasteiger partial charge is 0.270 e. The van der Waals surface area contributed by atoms with Gasteiger partial charge in [-0.25, -0.2) is 0 Å². The predicted octanol–water partition coefficient (Wildman–Crippen LogP) is 6.02. The number of carbonyl (C=O) groups excluding carboxylic acids is 1. The first-order chi connectivity index (χ1) is 13.8. The molecule has 0 atom stereocenters. The van der Waals surface area contributed by atoms with Gasteiger partial charge in [0.05, 0.1) is 28.1 Å². The summed E-state index contributed by atoms with van der Waals surface area (Å²) in [6, 6.07) is 11.4. The van der Waals surface area contributed by atoms with Crippen molar-refractivity contribution in [2.24, 2.45) is 0 Å². The van der Waals surface area contributed by atoms with Crippen LogP contribution in [0.5, 0.6) is 5.75 Å². The van der Waals surface area contributed by atoms with E-state index < -0.39 is 10.5 Å². The van der Waals surface area contributed by atoms with Crippen molar-refractivity contribution in [3.8, 4) is 16.9 Å². The molecule has 1 aliphatic rings. The van der Waals surface area contributed by atoms with E-state index >= 15 is 0 Å². The highest BCUT2D eigenvalue weighted by Gasteiger charge is 2.43. The number of non-ortho nitro benzene ring substituents is 1. The van der Waals surface area contributed by atoms with Crippen LogP contribution in [0.25, 0.3) is 11.1 Å². The van der Waals surface area contributed by atoms with Gasteiger partial charge in [0, 0.05) is 34.9 Å². The van der Waals surface area contributed by atoms with Gasteiger partial charge in [-0.2, -0.15) is 0 Å². The molecule has 0 aliphatic carbocycles. The molecule has 0 radical (unpaired) electrons. The van der Waals surface area contributed by atoms with Crippen LogP contribution in [0.3, 0.4) is 0 Å². The fourth-order valence-electron chi connectivity index (χ4n) is 3.58. The lowest BCUT2D eigenvalue weighted by molar-refractivity contribution is -0.384. The third kappa shape index (κ3) is 3.06. The Bertz CT molecular complexity index is 1210. The summed E-state index contributed by atoms with van der Waals surface area (Å²) in [4.78, 5) is 27.0. The molecule has 0 saturated carbocycles. The molecule has 2 heterocycles. The Hall–Kier alpha value is -2.62. The molecular weight excluding hydrogens is 428 g/mol. The maximum Gasteiger partial charge on any atom is 0.270 e. The van der Waals surface area contributed by atoms with Gasteiger partial charge < -0.3 is 4.74 Å². The molecule has 4 rings (SSSR count). The minimum atomic E-state index is -0.686. The number of methoxy groups -OCH3 is 1. The van der Waals surface area contributed by atoms with E-state index in [-0.39, 0.29) is 17.2 Å². The van der Waals surface area contributed by atoms with E-state index in [9.17, 15) is 14.9 Å². The topological polar surface area (TPSA) is 72.7 Å². The van der Waals surface area contributed by atoms with Crippen LogP contribution in [-0.2, 0) is 5.54 Å². The van der Waals surface area contributed by atoms with Gasteiger partial charge in [0.1, 0.15) is 9.57 Å². The number of amides is 1. The second kappa shape index (κ2) is 7.01. The van der Waals surface area contributed by atoms with Crippen molar-refractivity contribution in [3.63, 3.8) is 0 Å². The fraction of sp³-hybridized carbons (Fsp3) is 0.200. The van der Waals surface area contributed by atoms with Crippen LogP contribution in [0.2, 0.25) is 0 Å². The number of anilines is 1. The third-order valence-electron chi connectivity index (χ3n) is 4.97. The highest BCUT2D eigenvalue weighted by Crippen LogP contribution is 2.53. The van der Waals surface area contributed by atoms with Crippen molar-refractivity contribution >= 4 is 50.2 Å². The molecule has 9 heteroatoms. The number of hydrogen-bond donors (Lipinski definition) is 0. The summed E-state index contributed by atoms with van der Waals surface area (Å²) in [5, 5.41) is 11.2. The van der Waals surface area contributed by atoms with Gasteiger partial charge in [-0.05, 0) is 32.0 Å². The van der Waals surface area contributed by atoms with Gasteiger partial charge in [0.25, 0.3) is 11.6 Å². The van der Waals surface area contributed by atoms with Gasteiger partial charge in [-0.1, -0.05) is 39.0 Å². The Morgan fingerprint density at radius 2 is 1.97 bits per heavy atom. The summed E-state index contributed by atoms with van der Waals surface area (Å²) in [5.41, 5.74) is 1.96. The molecule has 0 unspecified atom stereocenters. The lowest BCUT2D eigenvalue weighted by Crippen LogP contribution is -2.47. The normalized spacial score (nSPS) is 14.1. The van der Waals surface area contributed by atoms with Crippen molar-refractivity contribution in [3.05, 3.63) is 66.8 Å². The first kappa shape index (κ1) is 19.7. The van der Waals surface area contributed by atoms with Crippen LogP contribution in [0, 0.1) is 13.9 Å². The Balaban J connectivity index is 1.96. The van der Waals surface area contributed by atoms with E-state index in [2.05, 4.69) is 0 Å². The zero-order valence-electron chi connectivity index (χ0n) is 15.8. The molecule has 1 aliphatic heterocycles. The second-order valence-electron chi connectivity index (χ2n) is 7.05. The van der Waals surface area contributed by atoms with E-state index in [4.69, 9.17) is 17.0 Å². The summed E-state index contributed by atoms with van der Waals surface area (Å²) in [6.07, 6.45) is 0. The first-order valence-corrected chi connectivity index (χ1v) is 11.2. The molecule has 2 aromatic carbocycles. The maximum atomic E-state index is 13.6. The zero-order chi connectivity index (χ0) is 20.9. The number of nitro groups is 1. The van der Waals surface area contributed by atoms with E-state index in [0.717, 1.165) is 19.8 Å². The molecule has 1 amide bonds. The largest absolute Gasteiger partial charge is 0.497 e. The Kier molecular flexibility index (Phi) is 4.76. The van der Waals surface area contributed by atoms with Crippen LogP contribution in [-0.4, -0.2) is 17.9 Å². The van der Waals surface area contributed by atoms with Crippen molar-refractivity contribution in [1.82, 2.24) is 0 Å². The van der Waals surface area contributed by atoms with Crippen molar-refractivity contribution in [2.45, 2.75) is 19.4 Å².